The van der Waals surface area contributed by atoms with Crippen LogP contribution < -0.4 is 4.74 Å². The van der Waals surface area contributed by atoms with E-state index in [1.807, 2.05) is 70.2 Å². The smallest absolute Gasteiger partial charge is 0.335 e. The van der Waals surface area contributed by atoms with Crippen molar-refractivity contribution in [1.82, 2.24) is 9.55 Å². The Morgan fingerprint density at radius 2 is 1.32 bits per heavy atom. The first kappa shape index (κ1) is 36.8. The molecule has 1 aromatic heterocycles. The molecule has 0 saturated carbocycles. The zero-order valence-electron chi connectivity index (χ0n) is 28.1. The van der Waals surface area contributed by atoms with E-state index in [1.54, 1.807) is 42.5 Å². The molecule has 0 atom stereocenters. The first-order chi connectivity index (χ1) is 22.8. The second kappa shape index (κ2) is 17.9. The molecule has 4 aromatic carbocycles. The summed E-state index contributed by atoms with van der Waals surface area (Å²) in [7, 11) is 0. The Kier molecular flexibility index (Phi) is 14.0. The van der Waals surface area contributed by atoms with Crippen LogP contribution in [-0.4, -0.2) is 31.7 Å². The molecule has 0 unspecified atom stereocenters. The van der Waals surface area contributed by atoms with E-state index in [1.165, 1.54) is 0 Å². The molecule has 8 heteroatoms. The molecule has 0 bridgehead atoms. The maximum absolute atomic E-state index is 11.7. The lowest BCUT2D eigenvalue weighted by Crippen LogP contribution is -2.10. The summed E-state index contributed by atoms with van der Waals surface area (Å²) in [6.45, 7) is 12.5. The van der Waals surface area contributed by atoms with Crippen molar-refractivity contribution in [2.75, 3.05) is 0 Å². The predicted molar refractivity (Wildman–Crippen MR) is 192 cm³/mol. The minimum absolute atomic E-state index is 0.171. The van der Waals surface area contributed by atoms with E-state index in [0.29, 0.717) is 16.3 Å². The van der Waals surface area contributed by atoms with Crippen molar-refractivity contribution in [1.29, 1.82) is 0 Å². The lowest BCUT2D eigenvalue weighted by Gasteiger charge is -2.21. The molecule has 0 aliphatic carbocycles. The molecular weight excluding hydrogens is 612 g/mol. The van der Waals surface area contributed by atoms with Crippen LogP contribution in [0.15, 0.2) is 84.9 Å². The van der Waals surface area contributed by atoms with Gasteiger partial charge in [0.1, 0.15) is 18.2 Å². The molecule has 0 aliphatic rings. The number of aromatic nitrogens is 2. The summed E-state index contributed by atoms with van der Waals surface area (Å²) in [5, 5.41) is 19.7. The van der Waals surface area contributed by atoms with Gasteiger partial charge in [0.05, 0.1) is 22.2 Å². The van der Waals surface area contributed by atoms with Crippen LogP contribution >= 0.6 is 11.6 Å². The minimum atomic E-state index is -1.00. The van der Waals surface area contributed by atoms with Crippen molar-refractivity contribution in [3.63, 3.8) is 0 Å². The summed E-state index contributed by atoms with van der Waals surface area (Å²) in [5.74, 6) is -0.571. The minimum Gasteiger partial charge on any atom is -0.489 e. The Hall–Kier alpha value is -4.62. The van der Waals surface area contributed by atoms with Gasteiger partial charge < -0.3 is 19.5 Å². The summed E-state index contributed by atoms with van der Waals surface area (Å²) in [4.78, 5) is 28.2. The number of carbonyl (C=O) groups is 2. The van der Waals surface area contributed by atoms with Crippen LogP contribution in [0.25, 0.3) is 33.5 Å². The second-order valence-corrected chi connectivity index (χ2v) is 11.0. The number of carboxylic acids is 2. The summed E-state index contributed by atoms with van der Waals surface area (Å²) in [6, 6.07) is 25.4. The fourth-order valence-electron chi connectivity index (χ4n) is 5.49. The molecule has 0 amide bonds. The van der Waals surface area contributed by atoms with Crippen LogP contribution in [0.4, 0.5) is 0 Å². The molecule has 0 saturated heterocycles. The Morgan fingerprint density at radius 3 is 1.89 bits per heavy atom. The standard InChI is InChI=1S/C35H33ClN2O5.2C2H6/c1-3-5-28(6-4-2)38-32-18-12-25(35(41)42)20-31(32)37-33(38)23-9-15-29(16-10-23)43-21-26-19-24(34(39)40)11-17-30(26)22-7-13-27(36)14-8-22;2*1-2/h7-20,28H,3-6,21H2,1-2H3,(H,39,40)(H,41,42);2*1-2H3. The van der Waals surface area contributed by atoms with Crippen LogP contribution in [0.3, 0.4) is 0 Å². The number of imidazole rings is 1. The van der Waals surface area contributed by atoms with E-state index in [0.717, 1.165) is 59.3 Å². The van der Waals surface area contributed by atoms with E-state index in [2.05, 4.69) is 18.4 Å². The highest BCUT2D eigenvalue weighted by molar-refractivity contribution is 6.30. The molecule has 5 aromatic rings. The summed E-state index contributed by atoms with van der Waals surface area (Å²) < 4.78 is 8.40. The number of benzene rings is 4. The second-order valence-electron chi connectivity index (χ2n) is 10.5. The lowest BCUT2D eigenvalue weighted by molar-refractivity contribution is 0.0686. The van der Waals surface area contributed by atoms with Crippen LogP contribution in [0.1, 0.15) is 99.5 Å². The van der Waals surface area contributed by atoms with Gasteiger partial charge in [-0.25, -0.2) is 14.6 Å². The fraction of sp³-hybridized carbons (Fsp3) is 0.308. The van der Waals surface area contributed by atoms with Crippen molar-refractivity contribution < 1.29 is 24.5 Å². The van der Waals surface area contributed by atoms with Crippen molar-refractivity contribution in [2.24, 2.45) is 0 Å². The number of halogens is 1. The van der Waals surface area contributed by atoms with Gasteiger partial charge in [-0.05, 0) is 96.3 Å². The first-order valence-corrected chi connectivity index (χ1v) is 16.8. The molecule has 248 valence electrons. The fourth-order valence-corrected chi connectivity index (χ4v) is 5.62. The van der Waals surface area contributed by atoms with Gasteiger partial charge in [-0.15, -0.1) is 0 Å². The molecule has 1 heterocycles. The molecule has 0 radical (unpaired) electrons. The zero-order valence-corrected chi connectivity index (χ0v) is 28.8. The number of aromatic carboxylic acids is 2. The number of ether oxygens (including phenoxy) is 1. The Morgan fingerprint density at radius 1 is 0.766 bits per heavy atom. The monoisotopic (exact) mass is 656 g/mol. The Bertz CT molecular complexity index is 1760. The lowest BCUT2D eigenvalue weighted by atomic mass is 9.98. The average Bonchev–Trinajstić information content (AvgIpc) is 3.48. The third-order valence-electron chi connectivity index (χ3n) is 7.56. The molecule has 0 aliphatic heterocycles. The van der Waals surface area contributed by atoms with E-state index in [4.69, 9.17) is 21.3 Å². The number of hydrogen-bond acceptors (Lipinski definition) is 4. The molecule has 0 spiro atoms. The van der Waals surface area contributed by atoms with Gasteiger partial charge in [0, 0.05) is 16.6 Å². The van der Waals surface area contributed by atoms with Gasteiger partial charge in [0.15, 0.2) is 0 Å². The summed E-state index contributed by atoms with van der Waals surface area (Å²) in [6.07, 6.45) is 4.01. The molecule has 2 N–H and O–H groups in total. The van der Waals surface area contributed by atoms with Crippen molar-refractivity contribution in [3.8, 4) is 28.3 Å². The highest BCUT2D eigenvalue weighted by Gasteiger charge is 2.21. The maximum atomic E-state index is 11.7. The van der Waals surface area contributed by atoms with Crippen molar-refractivity contribution in [2.45, 2.75) is 79.9 Å². The van der Waals surface area contributed by atoms with Crippen LogP contribution in [-0.2, 0) is 6.61 Å². The largest absolute Gasteiger partial charge is 0.489 e. The maximum Gasteiger partial charge on any atom is 0.335 e. The van der Waals surface area contributed by atoms with Gasteiger partial charge in [0.2, 0.25) is 0 Å². The Balaban J connectivity index is 0.00000144. The van der Waals surface area contributed by atoms with Gasteiger partial charge in [0.25, 0.3) is 0 Å². The topological polar surface area (TPSA) is 102 Å². The van der Waals surface area contributed by atoms with Gasteiger partial charge in [-0.3, -0.25) is 0 Å². The molecule has 7 nitrogen and oxygen atoms in total. The Labute approximate surface area is 282 Å². The highest BCUT2D eigenvalue weighted by atomic mass is 35.5. The third kappa shape index (κ3) is 9.01. The number of rotatable bonds is 12. The molecular formula is C39H45ClN2O5. The summed E-state index contributed by atoms with van der Waals surface area (Å²) >= 11 is 6.07. The van der Waals surface area contributed by atoms with E-state index in [9.17, 15) is 19.8 Å². The quantitative estimate of drug-likeness (QED) is 0.138. The van der Waals surface area contributed by atoms with Crippen molar-refractivity contribution >= 4 is 34.6 Å². The SMILES string of the molecule is CC.CC.CCCC(CCC)n1c(-c2ccc(OCc3cc(C(=O)O)ccc3-c3ccc(Cl)cc3)cc2)nc2cc(C(=O)O)ccc21. The zero-order chi connectivity index (χ0) is 34.5. The van der Waals surface area contributed by atoms with Crippen LogP contribution in [0, 0.1) is 0 Å². The molecule has 0 fully saturated rings. The third-order valence-corrected chi connectivity index (χ3v) is 7.81. The van der Waals surface area contributed by atoms with Crippen LogP contribution in [0.5, 0.6) is 5.75 Å². The van der Waals surface area contributed by atoms with Gasteiger partial charge in [-0.1, -0.05) is 84.2 Å². The molecule has 5 rings (SSSR count). The number of carboxylic acid groups (broad SMARTS) is 2. The highest BCUT2D eigenvalue weighted by Crippen LogP contribution is 2.34. The number of hydrogen-bond donors (Lipinski definition) is 2. The number of nitrogens with zero attached hydrogens (tertiary/aromatic N) is 2. The summed E-state index contributed by atoms with van der Waals surface area (Å²) in [5.41, 5.74) is 5.38. The van der Waals surface area contributed by atoms with E-state index < -0.39 is 11.9 Å². The van der Waals surface area contributed by atoms with Crippen LogP contribution in [0.2, 0.25) is 5.02 Å². The van der Waals surface area contributed by atoms with Crippen molar-refractivity contribution in [3.05, 3.63) is 107 Å². The predicted octanol–water partition coefficient (Wildman–Crippen LogP) is 11.2. The molecule has 47 heavy (non-hydrogen) atoms. The average molecular weight is 657 g/mol. The van der Waals surface area contributed by atoms with Gasteiger partial charge >= 0.3 is 11.9 Å². The first-order valence-electron chi connectivity index (χ1n) is 16.4. The van der Waals surface area contributed by atoms with Gasteiger partial charge in [-0.2, -0.15) is 0 Å². The van der Waals surface area contributed by atoms with E-state index >= 15 is 0 Å². The normalized spacial score (nSPS) is 10.6. The number of fused-ring (bicyclic) bond motifs is 1. The van der Waals surface area contributed by atoms with E-state index in [-0.39, 0.29) is 23.8 Å².